The largest absolute Gasteiger partial charge is 0.384 e. The van der Waals surface area contributed by atoms with Crippen LogP contribution in [0.15, 0.2) is 0 Å². The lowest BCUT2D eigenvalue weighted by molar-refractivity contribution is -0.141. The highest BCUT2D eigenvalue weighted by Gasteiger charge is 2.57. The van der Waals surface area contributed by atoms with Gasteiger partial charge in [-0.05, 0) is 173 Å². The van der Waals surface area contributed by atoms with Crippen LogP contribution >= 0.6 is 0 Å². The topological polar surface area (TPSA) is 9.23 Å². The summed E-state index contributed by atoms with van der Waals surface area (Å²) in [5, 5.41) is 0. The van der Waals surface area contributed by atoms with E-state index in [1.54, 1.807) is 26.4 Å². The van der Waals surface area contributed by atoms with E-state index in [-0.39, 0.29) is 7.43 Å². The summed E-state index contributed by atoms with van der Waals surface area (Å²) in [5.41, 5.74) is 5.18. The Labute approximate surface area is 431 Å². The summed E-state index contributed by atoms with van der Waals surface area (Å²) in [6, 6.07) is 0. The summed E-state index contributed by atoms with van der Waals surface area (Å²) in [5.74, 6) is 8.88. The summed E-state index contributed by atoms with van der Waals surface area (Å²) >= 11 is 0. The summed E-state index contributed by atoms with van der Waals surface area (Å²) in [6.07, 6.45) is 20.6. The zero-order valence-electron chi connectivity index (χ0n) is 52.8. The molecular formula is C66H140O. The van der Waals surface area contributed by atoms with E-state index in [2.05, 4.69) is 215 Å². The molecule has 7 aliphatic carbocycles. The van der Waals surface area contributed by atoms with E-state index in [4.69, 9.17) is 4.74 Å². The quantitative estimate of drug-likeness (QED) is 0.212. The second-order valence-electron chi connectivity index (χ2n) is 30.3. The Balaban J connectivity index is -0.000000334. The van der Waals surface area contributed by atoms with Gasteiger partial charge in [0.15, 0.2) is 0 Å². The summed E-state index contributed by atoms with van der Waals surface area (Å²) in [4.78, 5) is 0. The first-order chi connectivity index (χ1) is 29.5. The number of hydrogen-bond donors (Lipinski definition) is 0. The van der Waals surface area contributed by atoms with E-state index in [0.717, 1.165) is 86.9 Å². The molecule has 0 unspecified atom stereocenters. The number of rotatable bonds is 10. The van der Waals surface area contributed by atoms with Gasteiger partial charge in [-0.3, -0.25) is 0 Å². The second kappa shape index (κ2) is 31.5. The van der Waals surface area contributed by atoms with E-state index >= 15 is 0 Å². The molecule has 2 bridgehead atoms. The predicted molar refractivity (Wildman–Crippen MR) is 314 cm³/mol. The first kappa shape index (κ1) is 73.5. The van der Waals surface area contributed by atoms with Gasteiger partial charge in [0.1, 0.15) is 0 Å². The van der Waals surface area contributed by atoms with Crippen LogP contribution in [0.3, 0.4) is 0 Å². The van der Waals surface area contributed by atoms with Gasteiger partial charge >= 0.3 is 0 Å². The lowest BCUT2D eigenvalue weighted by Crippen LogP contribution is -2.54. The van der Waals surface area contributed by atoms with Crippen LogP contribution in [0.25, 0.3) is 0 Å². The summed E-state index contributed by atoms with van der Waals surface area (Å²) in [6.45, 7) is 71.8. The van der Waals surface area contributed by atoms with Crippen molar-refractivity contribution in [2.24, 2.45) is 102 Å². The van der Waals surface area contributed by atoms with Gasteiger partial charge in [0.25, 0.3) is 0 Å². The van der Waals surface area contributed by atoms with Gasteiger partial charge in [-0.1, -0.05) is 241 Å². The maximum Gasteiger partial charge on any atom is 0.0515 e. The standard InChI is InChI=1S/C8H18O.C8H14.2C8H16.C8H18.2C7H14.C7H16.C4H10.CH4/c1-7(2)8(3,4)6-9-5;1-6(2)8-3-7(4-8)5-8;2*1-7(2)8(3)5-4-6-8;1-6-8(4,5)7(2)3;2*1-6(2)7(3)4-5-7;1-6(2)7(3,4)5;1-4(2)3;/h7H,6H2,1-5H3;6-7H,3-5H2,1-2H3;2*7H,4-6H2,1-3H3;7H,6H2,1-5H3;2*6H,4-5H2,1-3H3;6H,1-5H3;4H,1-3H3;1H4. The Bertz CT molecular complexity index is 1060. The van der Waals surface area contributed by atoms with Crippen LogP contribution in [0.4, 0.5) is 0 Å². The van der Waals surface area contributed by atoms with Gasteiger partial charge in [0.2, 0.25) is 0 Å². The Kier molecular flexibility index (Phi) is 34.6. The Hall–Kier alpha value is -0.0400. The molecule has 0 aromatic rings. The molecule has 67 heavy (non-hydrogen) atoms. The van der Waals surface area contributed by atoms with Crippen LogP contribution in [0.2, 0.25) is 0 Å². The smallest absolute Gasteiger partial charge is 0.0515 e. The van der Waals surface area contributed by atoms with Crippen molar-refractivity contribution in [1.82, 2.24) is 0 Å². The third-order valence-corrected chi connectivity index (χ3v) is 20.2. The zero-order chi connectivity index (χ0) is 53.1. The Morgan fingerprint density at radius 1 is 0.418 bits per heavy atom. The van der Waals surface area contributed by atoms with Gasteiger partial charge in [-0.2, -0.15) is 0 Å². The van der Waals surface area contributed by atoms with Gasteiger partial charge in [-0.25, -0.2) is 0 Å². The highest BCUT2D eigenvalue weighted by atomic mass is 16.5. The minimum absolute atomic E-state index is 0. The van der Waals surface area contributed by atoms with Crippen LogP contribution < -0.4 is 0 Å². The number of hydrogen-bond acceptors (Lipinski definition) is 1. The van der Waals surface area contributed by atoms with Crippen LogP contribution in [-0.4, -0.2) is 13.7 Å². The minimum Gasteiger partial charge on any atom is -0.384 e. The SMILES string of the molecule is C.CC(C)C.CC(C)C(C)(C)C.CC(C)C1(C)CC1.CC(C)C1(C)CC1.CC(C)C1(C)CCC1.CC(C)C1(C)CCC1.CC(C)C12CC(C1)C2.CCC(C)(C)C(C)C.COCC(C)(C)C(C)C. The van der Waals surface area contributed by atoms with Gasteiger partial charge in [-0.15, -0.1) is 0 Å². The van der Waals surface area contributed by atoms with Gasteiger partial charge < -0.3 is 4.74 Å². The molecule has 7 rings (SSSR count). The Morgan fingerprint density at radius 3 is 0.672 bits per heavy atom. The molecule has 1 heteroatoms. The molecular weight excluding hydrogens is 809 g/mol. The fraction of sp³-hybridized carbons (Fsp3) is 1.00. The zero-order valence-corrected chi connectivity index (χ0v) is 52.8. The molecule has 0 radical (unpaired) electrons. The van der Waals surface area contributed by atoms with E-state index in [9.17, 15) is 0 Å². The first-order valence-electron chi connectivity index (χ1n) is 29.0. The van der Waals surface area contributed by atoms with Crippen molar-refractivity contribution in [2.45, 2.75) is 312 Å². The molecule has 0 aromatic heterocycles. The average Bonchev–Trinajstić information content (AvgIpc) is 4.03. The van der Waals surface area contributed by atoms with Crippen molar-refractivity contribution in [3.63, 3.8) is 0 Å². The number of ether oxygens (including phenoxy) is 1. The molecule has 0 atom stereocenters. The normalized spacial score (nSPS) is 22.6. The first-order valence-corrected chi connectivity index (χ1v) is 29.0. The third-order valence-electron chi connectivity index (χ3n) is 20.2. The minimum atomic E-state index is 0. The third kappa shape index (κ3) is 29.3. The molecule has 0 aromatic carbocycles. The van der Waals surface area contributed by atoms with Gasteiger partial charge in [0.05, 0.1) is 6.61 Å². The van der Waals surface area contributed by atoms with E-state index in [1.165, 1.54) is 70.6 Å². The van der Waals surface area contributed by atoms with E-state index in [0.29, 0.717) is 22.2 Å². The molecule has 0 saturated heterocycles. The van der Waals surface area contributed by atoms with Crippen LogP contribution in [0, 0.1) is 102 Å². The highest BCUT2D eigenvalue weighted by Crippen LogP contribution is 2.68. The molecule has 410 valence electrons. The molecule has 0 N–H and O–H groups in total. The Morgan fingerprint density at radius 2 is 0.657 bits per heavy atom. The van der Waals surface area contributed by atoms with Crippen molar-refractivity contribution in [3.05, 3.63) is 0 Å². The fourth-order valence-corrected chi connectivity index (χ4v) is 7.37. The summed E-state index contributed by atoms with van der Waals surface area (Å²) < 4.78 is 5.07. The lowest BCUT2D eigenvalue weighted by atomic mass is 9.41. The average molecular weight is 950 g/mol. The van der Waals surface area contributed by atoms with E-state index < -0.39 is 0 Å². The van der Waals surface area contributed by atoms with E-state index in [1.807, 2.05) is 0 Å². The van der Waals surface area contributed by atoms with Crippen molar-refractivity contribution in [2.75, 3.05) is 13.7 Å². The maximum absolute atomic E-state index is 5.07. The highest BCUT2D eigenvalue weighted by molar-refractivity contribution is 5.07. The molecule has 0 aliphatic heterocycles. The van der Waals surface area contributed by atoms with Crippen molar-refractivity contribution >= 4 is 0 Å². The molecule has 7 fully saturated rings. The molecule has 7 saturated carbocycles. The van der Waals surface area contributed by atoms with Crippen molar-refractivity contribution in [3.8, 4) is 0 Å². The predicted octanol–water partition coefficient (Wildman–Crippen LogP) is 23.4. The molecule has 0 spiro atoms. The van der Waals surface area contributed by atoms with Gasteiger partial charge in [0, 0.05) is 7.11 Å². The molecule has 1 nitrogen and oxygen atoms in total. The second-order valence-corrected chi connectivity index (χ2v) is 30.3. The monoisotopic (exact) mass is 949 g/mol. The molecule has 0 amide bonds. The molecule has 7 aliphatic rings. The number of methoxy groups -OCH3 is 1. The van der Waals surface area contributed by atoms with Crippen LogP contribution in [0.1, 0.15) is 312 Å². The molecule has 0 heterocycles. The van der Waals surface area contributed by atoms with Crippen molar-refractivity contribution < 1.29 is 4.74 Å². The van der Waals surface area contributed by atoms with Crippen LogP contribution in [0.5, 0.6) is 0 Å². The lowest BCUT2D eigenvalue weighted by Gasteiger charge is -2.64. The fourth-order valence-electron chi connectivity index (χ4n) is 7.37. The van der Waals surface area contributed by atoms with Crippen LogP contribution in [-0.2, 0) is 4.74 Å². The van der Waals surface area contributed by atoms with Crippen molar-refractivity contribution in [1.29, 1.82) is 0 Å². The maximum atomic E-state index is 5.07. The summed E-state index contributed by atoms with van der Waals surface area (Å²) in [7, 11) is 1.75.